The van der Waals surface area contributed by atoms with Crippen LogP contribution >= 0.6 is 0 Å². The molecule has 1 spiro atoms. The van der Waals surface area contributed by atoms with Crippen LogP contribution in [0, 0.1) is 36.0 Å². The summed E-state index contributed by atoms with van der Waals surface area (Å²) in [5.74, 6) is -5.97. The van der Waals surface area contributed by atoms with Crippen LogP contribution in [0.25, 0.3) is 0 Å². The summed E-state index contributed by atoms with van der Waals surface area (Å²) in [6, 6.07) is 0. The summed E-state index contributed by atoms with van der Waals surface area (Å²) in [6.07, 6.45) is 8.38. The Balaban J connectivity index is 1.50. The van der Waals surface area contributed by atoms with E-state index in [0.717, 1.165) is 19.3 Å². The van der Waals surface area contributed by atoms with Gasteiger partial charge in [0.2, 0.25) is 5.78 Å². The number of aliphatic hydroxyl groups excluding tert-OH is 2. The number of methoxy groups -OCH3 is 1. The van der Waals surface area contributed by atoms with E-state index in [9.17, 15) is 35.1 Å². The molecular formula is C43H56N4O10. The van der Waals surface area contributed by atoms with Crippen molar-refractivity contribution in [2.24, 2.45) is 28.7 Å². The van der Waals surface area contributed by atoms with Gasteiger partial charge >= 0.3 is 5.97 Å². The molecule has 14 heteroatoms. The molecular weight excluding hydrogens is 732 g/mol. The predicted octanol–water partition coefficient (Wildman–Crippen LogP) is 5.01. The van der Waals surface area contributed by atoms with Gasteiger partial charge in [-0.1, -0.05) is 52.3 Å². The van der Waals surface area contributed by atoms with Gasteiger partial charge in [0.05, 0.1) is 47.1 Å². The van der Waals surface area contributed by atoms with Crippen LogP contribution in [0.15, 0.2) is 52.5 Å². The van der Waals surface area contributed by atoms with Gasteiger partial charge in [0.25, 0.3) is 11.7 Å². The number of nitrogens with one attached hydrogen (secondary N) is 3. The van der Waals surface area contributed by atoms with Gasteiger partial charge in [0.1, 0.15) is 34.7 Å². The molecule has 1 amide bonds. The van der Waals surface area contributed by atoms with Crippen molar-refractivity contribution >= 4 is 29.1 Å². The van der Waals surface area contributed by atoms with E-state index >= 15 is 0 Å². The summed E-state index contributed by atoms with van der Waals surface area (Å²) in [5.41, 5.74) is 0.582. The molecule has 6 N–H and O–H groups in total. The lowest BCUT2D eigenvalue weighted by Gasteiger charge is -2.38. The topological polar surface area (TPSA) is 209 Å². The first-order valence-corrected chi connectivity index (χ1v) is 19.8. The highest BCUT2D eigenvalue weighted by Crippen LogP contribution is 2.50. The Kier molecular flexibility index (Phi) is 11.6. The van der Waals surface area contributed by atoms with E-state index in [1.807, 2.05) is 6.92 Å². The van der Waals surface area contributed by atoms with Gasteiger partial charge in [-0.05, 0) is 45.6 Å². The zero-order chi connectivity index (χ0) is 41.7. The van der Waals surface area contributed by atoms with E-state index in [-0.39, 0.29) is 50.7 Å². The van der Waals surface area contributed by atoms with Crippen molar-refractivity contribution in [3.63, 3.8) is 0 Å². The molecule has 2 aliphatic carbocycles. The number of carbonyl (C=O) groups is 3. The summed E-state index contributed by atoms with van der Waals surface area (Å²) >= 11 is 0. The molecule has 1 saturated carbocycles. The fourth-order valence-electron chi connectivity index (χ4n) is 8.82. The molecule has 5 bridgehead atoms. The van der Waals surface area contributed by atoms with Crippen LogP contribution in [-0.2, 0) is 23.8 Å². The lowest BCUT2D eigenvalue weighted by atomic mass is 9.78. The van der Waals surface area contributed by atoms with Gasteiger partial charge in [-0.3, -0.25) is 24.8 Å². The number of carbonyl (C=O) groups excluding carboxylic acids is 3. The second kappa shape index (κ2) is 15.9. The molecule has 0 saturated heterocycles. The van der Waals surface area contributed by atoms with Crippen molar-refractivity contribution in [3.8, 4) is 11.5 Å². The molecule has 1 aromatic carbocycles. The fourth-order valence-corrected chi connectivity index (χ4v) is 8.82. The third-order valence-corrected chi connectivity index (χ3v) is 12.4. The molecule has 9 atom stereocenters. The minimum atomic E-state index is -1.73. The zero-order valence-corrected chi connectivity index (χ0v) is 34.2. The maximum absolute atomic E-state index is 14.6. The summed E-state index contributed by atoms with van der Waals surface area (Å²) in [5, 5.41) is 50.4. The van der Waals surface area contributed by atoms with Crippen LogP contribution < -0.4 is 15.4 Å². The molecule has 6 rings (SSSR count). The number of ketones is 1. The molecule has 0 aromatic heterocycles. The summed E-state index contributed by atoms with van der Waals surface area (Å²) in [4.78, 5) is 45.9. The molecule has 57 heavy (non-hydrogen) atoms. The van der Waals surface area contributed by atoms with Crippen LogP contribution in [0.2, 0.25) is 0 Å². The lowest BCUT2D eigenvalue weighted by molar-refractivity contribution is -0.160. The van der Waals surface area contributed by atoms with Gasteiger partial charge in [-0.2, -0.15) is 0 Å². The number of aromatic hydroxyl groups is 1. The number of phenols is 1. The highest BCUT2D eigenvalue weighted by atomic mass is 16.7. The zero-order valence-electron chi connectivity index (χ0n) is 34.2. The molecule has 1 fully saturated rings. The highest BCUT2D eigenvalue weighted by Gasteiger charge is 2.52. The number of phenolic OH excluding ortho intramolecular Hbond substituents is 1. The number of nitrogens with zero attached hydrogens (tertiary/aromatic N) is 1. The number of ether oxygens (including phenoxy) is 4. The van der Waals surface area contributed by atoms with E-state index in [1.54, 1.807) is 65.8 Å². The number of Topliss-reactive ketones (excluding diaryl/α,β-unsaturated/α-hetero) is 1. The summed E-state index contributed by atoms with van der Waals surface area (Å²) in [7, 11) is 1.49. The smallest absolute Gasteiger partial charge is 0.302 e. The van der Waals surface area contributed by atoms with Crippen LogP contribution in [0.1, 0.15) is 108 Å². The van der Waals surface area contributed by atoms with Crippen molar-refractivity contribution in [3.05, 3.63) is 69.8 Å². The Bertz CT molecular complexity index is 2010. The minimum absolute atomic E-state index is 0.0607. The third kappa shape index (κ3) is 7.43. The maximum atomic E-state index is 14.6. The molecule has 14 nitrogen and oxygen atoms in total. The van der Waals surface area contributed by atoms with Gasteiger partial charge in [0, 0.05) is 61.3 Å². The van der Waals surface area contributed by atoms with Gasteiger partial charge in [0.15, 0.2) is 0 Å². The van der Waals surface area contributed by atoms with Crippen LogP contribution in [0.4, 0.5) is 0 Å². The molecule has 3 heterocycles. The maximum Gasteiger partial charge on any atom is 0.302 e. The number of amides is 1. The largest absolute Gasteiger partial charge is 0.507 e. The Morgan fingerprint density at radius 3 is 2.30 bits per heavy atom. The Morgan fingerprint density at radius 1 is 0.965 bits per heavy atom. The average molecular weight is 789 g/mol. The average Bonchev–Trinajstić information content (AvgIpc) is 3.67. The monoisotopic (exact) mass is 788 g/mol. The van der Waals surface area contributed by atoms with Crippen LogP contribution in [0.5, 0.6) is 11.5 Å². The highest BCUT2D eigenvalue weighted by molar-refractivity contribution is 6.34. The van der Waals surface area contributed by atoms with Gasteiger partial charge in [-0.25, -0.2) is 0 Å². The number of esters is 1. The van der Waals surface area contributed by atoms with Crippen molar-refractivity contribution in [1.82, 2.24) is 10.6 Å². The molecule has 308 valence electrons. The first kappa shape index (κ1) is 41.8. The molecule has 0 unspecified atom stereocenters. The fraction of sp³-hybridized carbons (Fsp3) is 0.558. The van der Waals surface area contributed by atoms with E-state index in [1.165, 1.54) is 20.3 Å². The van der Waals surface area contributed by atoms with Crippen molar-refractivity contribution < 1.29 is 48.7 Å². The van der Waals surface area contributed by atoms with Crippen molar-refractivity contribution in [2.75, 3.05) is 7.11 Å². The van der Waals surface area contributed by atoms with Crippen molar-refractivity contribution in [1.29, 1.82) is 5.41 Å². The first-order valence-electron chi connectivity index (χ1n) is 19.8. The number of hydrogen-bond donors (Lipinski definition) is 6. The number of benzene rings is 1. The third-order valence-electron chi connectivity index (χ3n) is 12.4. The summed E-state index contributed by atoms with van der Waals surface area (Å²) < 4.78 is 24.1. The molecule has 3 aliphatic heterocycles. The molecule has 1 aromatic rings. The van der Waals surface area contributed by atoms with E-state index in [0.29, 0.717) is 24.3 Å². The quantitative estimate of drug-likeness (QED) is 0.220. The Morgan fingerprint density at radius 2 is 1.65 bits per heavy atom. The van der Waals surface area contributed by atoms with Crippen LogP contribution in [0.3, 0.4) is 0 Å². The number of allylic oxidation sites excluding steroid dienone is 4. The predicted molar refractivity (Wildman–Crippen MR) is 212 cm³/mol. The minimum Gasteiger partial charge on any atom is -0.507 e. The Labute approximate surface area is 333 Å². The van der Waals surface area contributed by atoms with E-state index in [2.05, 4.69) is 10.6 Å². The van der Waals surface area contributed by atoms with E-state index in [4.69, 9.17) is 23.9 Å². The molecule has 5 aliphatic rings. The summed E-state index contributed by atoms with van der Waals surface area (Å²) in [6.45, 7) is 13.1. The van der Waals surface area contributed by atoms with E-state index < -0.39 is 77.2 Å². The second-order valence-electron chi connectivity index (χ2n) is 16.4. The molecule has 0 radical (unpaired) electrons. The number of hydrogen-bond acceptors (Lipinski definition) is 13. The standard InChI is InChI=1S/C43H56N4O10/c1-20-14-13-15-21(2)41(53)45-33-32-31(46-43(47-32)17-11-10-12-18-43)28-29(37(33)52)36(51)25(6)39-30(28)40(44)42(8,57-39)55-19-16-27(54-9)22(3)38(56-26(7)48)24(5)35(50)23(4)34(20)49/h13-16,19-20,22-24,27,34-35,38,44,47,49-51H,10-12,17-18H2,1-9H3,(H,45,53)/b14-13+,19-16+,21-15-,44-40?/t20-,22+,23+,24+,27-,34-,35+,38+,42-/m0/s1. The Hall–Kier alpha value is -4.79. The lowest BCUT2D eigenvalue weighted by Crippen LogP contribution is -2.46. The number of aliphatic imine (C=N–C) groups is 1. The van der Waals surface area contributed by atoms with Crippen LogP contribution in [-0.4, -0.2) is 87.4 Å². The SMILES string of the molecule is CO[C@H]1/C=C/O[C@@]2(C)Oc3c(C)c(O)c4c(c3C2=N)C2=NC3(CCCCC3)NC2=C(NC(=O)/C(C)=C\C=C\[C@H](C)[C@H](O)[C@@H](C)[C@@H](O)[C@@H](C)[C@H](OC(C)=O)[C@@H]1C)C4=O. The normalized spacial score (nSPS) is 34.9. The number of fused-ring (bicyclic) bond motifs is 3. The first-order chi connectivity index (χ1) is 26.9. The van der Waals surface area contributed by atoms with Crippen molar-refractivity contribution in [2.45, 2.75) is 123 Å². The second-order valence-corrected chi connectivity index (χ2v) is 16.4. The van der Waals surface area contributed by atoms with Gasteiger partial charge in [-0.15, -0.1) is 0 Å². The number of aliphatic hydroxyl groups is 2. The van der Waals surface area contributed by atoms with Gasteiger partial charge < -0.3 is 44.9 Å². The number of rotatable bonds is 2.